The zero-order valence-electron chi connectivity index (χ0n) is 21.5. The smallest absolute Gasteiger partial charge is 0.355 e. The number of hydrazone groups is 1. The molecule has 1 heterocycles. The molecule has 0 radical (unpaired) electrons. The molecule has 1 aromatic heterocycles. The standard InChI is InChI=1S/C31H21BrClN3O4S/c1-18-6-8-19(9-7-18)29(37)35-23-13-10-20(11-14-23)30(38)36-34-17-21-16-22(32)12-15-25(21)40-31(39)28-27(33)24-4-2-3-5-26(24)41-28/h2-17H,1H3,(H,35,37)(H,36,38)/b34-17-. The van der Waals surface area contributed by atoms with Crippen LogP contribution >= 0.6 is 38.9 Å². The summed E-state index contributed by atoms with van der Waals surface area (Å²) >= 11 is 11.1. The normalized spacial score (nSPS) is 11.0. The molecule has 0 atom stereocenters. The van der Waals surface area contributed by atoms with Gasteiger partial charge in [-0.1, -0.05) is 63.4 Å². The number of fused-ring (bicyclic) bond motifs is 1. The van der Waals surface area contributed by atoms with Crippen molar-refractivity contribution in [2.24, 2.45) is 5.10 Å². The molecule has 5 aromatic rings. The Bertz CT molecular complexity index is 1800. The largest absolute Gasteiger partial charge is 0.422 e. The molecule has 2 amide bonds. The van der Waals surface area contributed by atoms with Crippen molar-refractivity contribution in [1.29, 1.82) is 0 Å². The van der Waals surface area contributed by atoms with Gasteiger partial charge in [-0.15, -0.1) is 11.3 Å². The molecule has 0 saturated heterocycles. The molecule has 10 heteroatoms. The summed E-state index contributed by atoms with van der Waals surface area (Å²) in [4.78, 5) is 38.3. The Morgan fingerprint density at radius 1 is 0.902 bits per heavy atom. The fraction of sp³-hybridized carbons (Fsp3) is 0.0323. The summed E-state index contributed by atoms with van der Waals surface area (Å²) in [6.45, 7) is 1.95. The topological polar surface area (TPSA) is 96.9 Å². The Labute approximate surface area is 252 Å². The molecule has 4 aromatic carbocycles. The molecule has 7 nitrogen and oxygen atoms in total. The van der Waals surface area contributed by atoms with Crippen molar-refractivity contribution in [3.8, 4) is 5.75 Å². The number of benzene rings is 4. The predicted molar refractivity (Wildman–Crippen MR) is 167 cm³/mol. The molecule has 0 saturated carbocycles. The van der Waals surface area contributed by atoms with Crippen LogP contribution in [0.2, 0.25) is 5.02 Å². The summed E-state index contributed by atoms with van der Waals surface area (Å²) in [5, 5.41) is 7.97. The van der Waals surface area contributed by atoms with Gasteiger partial charge in [-0.25, -0.2) is 10.2 Å². The minimum atomic E-state index is -0.591. The maximum atomic E-state index is 12.9. The number of anilines is 1. The molecule has 0 aliphatic rings. The van der Waals surface area contributed by atoms with Gasteiger partial charge in [0.15, 0.2) is 0 Å². The van der Waals surface area contributed by atoms with Crippen molar-refractivity contribution in [2.75, 3.05) is 5.32 Å². The highest BCUT2D eigenvalue weighted by atomic mass is 79.9. The summed E-state index contributed by atoms with van der Waals surface area (Å²) in [5.74, 6) is -1.04. The molecule has 0 unspecified atom stereocenters. The second-order valence-electron chi connectivity index (χ2n) is 8.91. The van der Waals surface area contributed by atoms with Gasteiger partial charge in [0.25, 0.3) is 11.8 Å². The number of ether oxygens (including phenoxy) is 1. The van der Waals surface area contributed by atoms with Crippen LogP contribution in [0.25, 0.3) is 10.1 Å². The molecular weight excluding hydrogens is 626 g/mol. The predicted octanol–water partition coefficient (Wildman–Crippen LogP) is 7.86. The highest BCUT2D eigenvalue weighted by Gasteiger charge is 2.20. The van der Waals surface area contributed by atoms with Crippen molar-refractivity contribution in [3.05, 3.63) is 128 Å². The maximum absolute atomic E-state index is 12.9. The Morgan fingerprint density at radius 2 is 1.59 bits per heavy atom. The number of rotatable bonds is 7. The highest BCUT2D eigenvalue weighted by molar-refractivity contribution is 9.10. The zero-order valence-corrected chi connectivity index (χ0v) is 24.6. The van der Waals surface area contributed by atoms with Gasteiger partial charge in [-0.3, -0.25) is 9.59 Å². The first-order valence-corrected chi connectivity index (χ1v) is 14.3. The molecule has 0 aliphatic heterocycles. The number of esters is 1. The van der Waals surface area contributed by atoms with Gasteiger partial charge in [0.1, 0.15) is 10.6 Å². The minimum Gasteiger partial charge on any atom is -0.422 e. The summed E-state index contributed by atoms with van der Waals surface area (Å²) in [7, 11) is 0. The Kier molecular flexibility index (Phi) is 8.58. The van der Waals surface area contributed by atoms with E-state index in [4.69, 9.17) is 16.3 Å². The molecule has 0 fully saturated rings. The van der Waals surface area contributed by atoms with Crippen LogP contribution in [-0.2, 0) is 0 Å². The van der Waals surface area contributed by atoms with Gasteiger partial charge < -0.3 is 10.1 Å². The number of aryl methyl sites for hydroxylation is 1. The Balaban J connectivity index is 1.23. The van der Waals surface area contributed by atoms with Crippen molar-refractivity contribution in [1.82, 2.24) is 5.43 Å². The second kappa shape index (κ2) is 12.5. The van der Waals surface area contributed by atoms with E-state index >= 15 is 0 Å². The van der Waals surface area contributed by atoms with E-state index in [2.05, 4.69) is 31.8 Å². The van der Waals surface area contributed by atoms with E-state index in [0.29, 0.717) is 32.3 Å². The fourth-order valence-corrected chi connectivity index (χ4v) is 5.61. The first-order valence-electron chi connectivity index (χ1n) is 12.3. The van der Waals surface area contributed by atoms with Crippen molar-refractivity contribution in [3.63, 3.8) is 0 Å². The first-order chi connectivity index (χ1) is 19.8. The molecule has 41 heavy (non-hydrogen) atoms. The SMILES string of the molecule is Cc1ccc(C(=O)Nc2ccc(C(=O)N/N=C\c3cc(Br)ccc3OC(=O)c3sc4ccccc4c3Cl)cc2)cc1. The number of carbonyl (C=O) groups excluding carboxylic acids is 3. The van der Waals surface area contributed by atoms with Gasteiger partial charge in [0.2, 0.25) is 0 Å². The minimum absolute atomic E-state index is 0.244. The average Bonchev–Trinajstić information content (AvgIpc) is 3.31. The number of nitrogens with one attached hydrogen (secondary N) is 2. The maximum Gasteiger partial charge on any atom is 0.355 e. The molecule has 2 N–H and O–H groups in total. The average molecular weight is 647 g/mol. The summed E-state index contributed by atoms with van der Waals surface area (Å²) in [6, 6.07) is 26.2. The monoisotopic (exact) mass is 645 g/mol. The third kappa shape index (κ3) is 6.71. The van der Waals surface area contributed by atoms with Crippen molar-refractivity contribution < 1.29 is 19.1 Å². The van der Waals surface area contributed by atoms with Gasteiger partial charge >= 0.3 is 5.97 Å². The van der Waals surface area contributed by atoms with E-state index in [1.54, 1.807) is 54.6 Å². The van der Waals surface area contributed by atoms with Crippen LogP contribution in [0, 0.1) is 6.92 Å². The van der Waals surface area contributed by atoms with E-state index in [-0.39, 0.29) is 11.7 Å². The van der Waals surface area contributed by atoms with E-state index in [9.17, 15) is 14.4 Å². The van der Waals surface area contributed by atoms with Gasteiger partial charge in [-0.05, 0) is 67.6 Å². The van der Waals surface area contributed by atoms with Crippen LogP contribution in [0.15, 0.2) is 101 Å². The van der Waals surface area contributed by atoms with E-state index in [1.165, 1.54) is 17.6 Å². The number of carbonyl (C=O) groups is 3. The Morgan fingerprint density at radius 3 is 2.32 bits per heavy atom. The number of halogens is 2. The zero-order chi connectivity index (χ0) is 28.9. The Hall–Kier alpha value is -4.31. The van der Waals surface area contributed by atoms with Crippen molar-refractivity contribution in [2.45, 2.75) is 6.92 Å². The fourth-order valence-electron chi connectivity index (χ4n) is 3.84. The van der Waals surface area contributed by atoms with Gasteiger partial charge in [-0.2, -0.15) is 5.10 Å². The quantitative estimate of drug-likeness (QED) is 0.0814. The highest BCUT2D eigenvalue weighted by Crippen LogP contribution is 2.36. The molecule has 0 spiro atoms. The number of thiophene rings is 1. The lowest BCUT2D eigenvalue weighted by atomic mass is 10.1. The second-order valence-corrected chi connectivity index (χ2v) is 11.3. The van der Waals surface area contributed by atoms with Crippen LogP contribution < -0.4 is 15.5 Å². The lowest BCUT2D eigenvalue weighted by Gasteiger charge is -2.08. The first kappa shape index (κ1) is 28.2. The van der Waals surface area contributed by atoms with Gasteiger partial charge in [0.05, 0.1) is 11.2 Å². The summed E-state index contributed by atoms with van der Waals surface area (Å²) < 4.78 is 7.26. The molecule has 5 rings (SSSR count). The lowest BCUT2D eigenvalue weighted by molar-refractivity contribution is 0.0739. The van der Waals surface area contributed by atoms with E-state index in [0.717, 1.165) is 20.1 Å². The lowest BCUT2D eigenvalue weighted by Crippen LogP contribution is -2.18. The summed E-state index contributed by atoms with van der Waals surface area (Å²) in [6.07, 6.45) is 1.38. The molecular formula is C31H21BrClN3O4S. The third-order valence-electron chi connectivity index (χ3n) is 5.98. The van der Waals surface area contributed by atoms with E-state index < -0.39 is 11.9 Å². The van der Waals surface area contributed by atoms with Gasteiger partial charge in [0, 0.05) is 36.9 Å². The molecule has 0 bridgehead atoms. The van der Waals surface area contributed by atoms with Crippen LogP contribution in [-0.4, -0.2) is 24.0 Å². The number of hydrogen-bond donors (Lipinski definition) is 2. The van der Waals surface area contributed by atoms with Crippen LogP contribution in [0.5, 0.6) is 5.75 Å². The number of nitrogens with zero attached hydrogens (tertiary/aromatic N) is 1. The van der Waals surface area contributed by atoms with E-state index in [1.807, 2.05) is 43.3 Å². The summed E-state index contributed by atoms with van der Waals surface area (Å²) in [5.41, 5.74) is 5.42. The number of amides is 2. The van der Waals surface area contributed by atoms with Crippen LogP contribution in [0.3, 0.4) is 0 Å². The van der Waals surface area contributed by atoms with Crippen LogP contribution in [0.1, 0.15) is 41.5 Å². The van der Waals surface area contributed by atoms with Crippen LogP contribution in [0.4, 0.5) is 5.69 Å². The molecule has 204 valence electrons. The van der Waals surface area contributed by atoms with Crippen molar-refractivity contribution >= 4 is 78.6 Å². The number of hydrogen-bond acceptors (Lipinski definition) is 6. The third-order valence-corrected chi connectivity index (χ3v) is 8.13. The molecule has 0 aliphatic carbocycles.